The molecule has 2 atom stereocenters. The van der Waals surface area contributed by atoms with Crippen LogP contribution in [-0.4, -0.2) is 36.4 Å². The number of hydrogen-bond acceptors (Lipinski definition) is 3. The molecule has 2 amide bonds. The van der Waals surface area contributed by atoms with E-state index in [9.17, 15) is 9.59 Å². The summed E-state index contributed by atoms with van der Waals surface area (Å²) in [7, 11) is 1.63. The molecule has 2 fully saturated rings. The fourth-order valence-electron chi connectivity index (χ4n) is 3.37. The van der Waals surface area contributed by atoms with Gasteiger partial charge in [-0.3, -0.25) is 9.59 Å². The van der Waals surface area contributed by atoms with Crippen molar-refractivity contribution in [3.8, 4) is 5.75 Å². The summed E-state index contributed by atoms with van der Waals surface area (Å²) in [6.07, 6.45) is 4.39. The standard InChI is InChI=1S/C19H26N2O3/c1-3-4-11-21-17(22)12-16(19(23)20-14-7-8-14)18(21)13-5-9-15(24-2)10-6-13/h5-6,9-10,14,16,18H,3-4,7-8,11-12H2,1-2H3,(H,20,23). The first-order chi connectivity index (χ1) is 11.6. The third-order valence-corrected chi connectivity index (χ3v) is 4.90. The molecular weight excluding hydrogens is 304 g/mol. The minimum Gasteiger partial charge on any atom is -0.497 e. The van der Waals surface area contributed by atoms with Crippen molar-refractivity contribution in [2.45, 2.75) is 51.1 Å². The number of carbonyl (C=O) groups is 2. The smallest absolute Gasteiger partial charge is 0.226 e. The highest BCUT2D eigenvalue weighted by atomic mass is 16.5. The number of likely N-dealkylation sites (tertiary alicyclic amines) is 1. The summed E-state index contributed by atoms with van der Waals surface area (Å²) >= 11 is 0. The monoisotopic (exact) mass is 330 g/mol. The van der Waals surface area contributed by atoms with Crippen molar-refractivity contribution in [3.05, 3.63) is 29.8 Å². The Hall–Kier alpha value is -2.04. The maximum absolute atomic E-state index is 12.7. The number of carbonyl (C=O) groups excluding carboxylic acids is 2. The van der Waals surface area contributed by atoms with E-state index in [-0.39, 0.29) is 23.8 Å². The van der Waals surface area contributed by atoms with Crippen molar-refractivity contribution >= 4 is 11.8 Å². The Labute approximate surface area is 143 Å². The van der Waals surface area contributed by atoms with Gasteiger partial charge in [-0.15, -0.1) is 0 Å². The summed E-state index contributed by atoms with van der Waals surface area (Å²) in [5, 5.41) is 3.07. The van der Waals surface area contributed by atoms with Crippen molar-refractivity contribution < 1.29 is 14.3 Å². The number of nitrogens with one attached hydrogen (secondary N) is 1. The van der Waals surface area contributed by atoms with Gasteiger partial charge in [0.25, 0.3) is 0 Å². The fourth-order valence-corrected chi connectivity index (χ4v) is 3.37. The van der Waals surface area contributed by atoms with Crippen LogP contribution in [0.3, 0.4) is 0 Å². The maximum atomic E-state index is 12.7. The van der Waals surface area contributed by atoms with Gasteiger partial charge in [0, 0.05) is 19.0 Å². The summed E-state index contributed by atoms with van der Waals surface area (Å²) in [5.41, 5.74) is 1.01. The second-order valence-corrected chi connectivity index (χ2v) is 6.75. The van der Waals surface area contributed by atoms with Gasteiger partial charge < -0.3 is 15.0 Å². The van der Waals surface area contributed by atoms with Crippen LogP contribution in [-0.2, 0) is 9.59 Å². The summed E-state index contributed by atoms with van der Waals surface area (Å²) in [6, 6.07) is 7.87. The first-order valence-electron chi connectivity index (χ1n) is 8.87. The molecule has 5 heteroatoms. The Morgan fingerprint density at radius 3 is 2.58 bits per heavy atom. The van der Waals surface area contributed by atoms with Crippen molar-refractivity contribution in [1.29, 1.82) is 0 Å². The lowest BCUT2D eigenvalue weighted by Crippen LogP contribution is -2.36. The molecule has 2 unspecified atom stereocenters. The van der Waals surface area contributed by atoms with E-state index in [0.29, 0.717) is 19.0 Å². The molecule has 1 aliphatic carbocycles. The molecule has 0 aromatic heterocycles. The number of unbranched alkanes of at least 4 members (excludes halogenated alkanes) is 1. The van der Waals surface area contributed by atoms with Gasteiger partial charge in [-0.05, 0) is 37.0 Å². The largest absolute Gasteiger partial charge is 0.497 e. The van der Waals surface area contributed by atoms with Crippen molar-refractivity contribution in [3.63, 3.8) is 0 Å². The van der Waals surface area contributed by atoms with Crippen LogP contribution in [0.15, 0.2) is 24.3 Å². The highest BCUT2D eigenvalue weighted by Crippen LogP contribution is 2.39. The SMILES string of the molecule is CCCCN1C(=O)CC(C(=O)NC2CC2)C1c1ccc(OC)cc1. The van der Waals surface area contributed by atoms with Gasteiger partial charge in [0.2, 0.25) is 11.8 Å². The van der Waals surface area contributed by atoms with Crippen LogP contribution in [0.1, 0.15) is 50.6 Å². The summed E-state index contributed by atoms with van der Waals surface area (Å²) < 4.78 is 5.22. The summed E-state index contributed by atoms with van der Waals surface area (Å²) in [6.45, 7) is 2.82. The first kappa shape index (κ1) is 16.8. The van der Waals surface area contributed by atoms with Crippen LogP contribution < -0.4 is 10.1 Å². The Bertz CT molecular complexity index is 595. The van der Waals surface area contributed by atoms with Crippen LogP contribution in [0.4, 0.5) is 0 Å². The van der Waals surface area contributed by atoms with E-state index in [1.54, 1.807) is 7.11 Å². The second kappa shape index (κ2) is 7.24. The number of nitrogens with zero attached hydrogens (tertiary/aromatic N) is 1. The zero-order chi connectivity index (χ0) is 17.1. The van der Waals surface area contributed by atoms with Gasteiger partial charge in [0.1, 0.15) is 5.75 Å². The summed E-state index contributed by atoms with van der Waals surface area (Å²) in [5.74, 6) is 0.580. The number of benzene rings is 1. The van der Waals surface area contributed by atoms with Gasteiger partial charge in [-0.1, -0.05) is 25.5 Å². The Balaban J connectivity index is 1.85. The van der Waals surface area contributed by atoms with Gasteiger partial charge in [-0.2, -0.15) is 0 Å². The molecule has 1 aliphatic heterocycles. The number of rotatable bonds is 7. The lowest BCUT2D eigenvalue weighted by atomic mass is 9.92. The van der Waals surface area contributed by atoms with Crippen LogP contribution in [0.25, 0.3) is 0 Å². The molecule has 1 saturated carbocycles. The zero-order valence-corrected chi connectivity index (χ0v) is 14.5. The van der Waals surface area contributed by atoms with E-state index in [4.69, 9.17) is 4.74 Å². The van der Waals surface area contributed by atoms with E-state index in [1.807, 2.05) is 29.2 Å². The van der Waals surface area contributed by atoms with Crippen LogP contribution in [0.5, 0.6) is 5.75 Å². The normalized spacial score (nSPS) is 23.4. The topological polar surface area (TPSA) is 58.6 Å². The molecule has 1 aromatic carbocycles. The fraction of sp³-hybridized carbons (Fsp3) is 0.579. The maximum Gasteiger partial charge on any atom is 0.226 e. The number of methoxy groups -OCH3 is 1. The molecule has 1 aromatic rings. The summed E-state index contributed by atoms with van der Waals surface area (Å²) in [4.78, 5) is 27.1. The van der Waals surface area contributed by atoms with Crippen LogP contribution in [0, 0.1) is 5.92 Å². The van der Waals surface area contributed by atoms with Crippen molar-refractivity contribution in [2.24, 2.45) is 5.92 Å². The molecule has 24 heavy (non-hydrogen) atoms. The minimum atomic E-state index is -0.302. The Morgan fingerprint density at radius 1 is 1.29 bits per heavy atom. The van der Waals surface area contributed by atoms with Gasteiger partial charge in [-0.25, -0.2) is 0 Å². The average Bonchev–Trinajstić information content (AvgIpc) is 3.34. The van der Waals surface area contributed by atoms with E-state index in [0.717, 1.165) is 37.0 Å². The predicted molar refractivity (Wildman–Crippen MR) is 91.6 cm³/mol. The van der Waals surface area contributed by atoms with E-state index in [2.05, 4.69) is 12.2 Å². The third kappa shape index (κ3) is 3.55. The second-order valence-electron chi connectivity index (χ2n) is 6.75. The Kier molecular flexibility index (Phi) is 5.07. The third-order valence-electron chi connectivity index (χ3n) is 4.90. The molecule has 1 heterocycles. The first-order valence-corrected chi connectivity index (χ1v) is 8.87. The molecule has 0 bridgehead atoms. The molecule has 1 saturated heterocycles. The van der Waals surface area contributed by atoms with E-state index < -0.39 is 0 Å². The molecule has 5 nitrogen and oxygen atoms in total. The Morgan fingerprint density at radius 2 is 2.00 bits per heavy atom. The quantitative estimate of drug-likeness (QED) is 0.836. The number of amides is 2. The van der Waals surface area contributed by atoms with E-state index in [1.165, 1.54) is 0 Å². The van der Waals surface area contributed by atoms with Crippen molar-refractivity contribution in [2.75, 3.05) is 13.7 Å². The lowest BCUT2D eigenvalue weighted by Gasteiger charge is -2.28. The minimum absolute atomic E-state index is 0.0191. The predicted octanol–water partition coefficient (Wildman–Crippen LogP) is 2.66. The molecular formula is C19H26N2O3. The highest BCUT2D eigenvalue weighted by molar-refractivity contribution is 5.90. The molecule has 0 radical (unpaired) electrons. The number of ether oxygens (including phenoxy) is 1. The zero-order valence-electron chi connectivity index (χ0n) is 14.5. The molecule has 3 rings (SSSR count). The molecule has 0 spiro atoms. The van der Waals surface area contributed by atoms with E-state index >= 15 is 0 Å². The number of hydrogen-bond donors (Lipinski definition) is 1. The van der Waals surface area contributed by atoms with Crippen LogP contribution >= 0.6 is 0 Å². The van der Waals surface area contributed by atoms with Crippen molar-refractivity contribution in [1.82, 2.24) is 10.2 Å². The highest BCUT2D eigenvalue weighted by Gasteiger charge is 2.45. The van der Waals surface area contributed by atoms with Gasteiger partial charge in [0.05, 0.1) is 19.1 Å². The lowest BCUT2D eigenvalue weighted by molar-refractivity contribution is -0.129. The molecule has 1 N–H and O–H groups in total. The van der Waals surface area contributed by atoms with Crippen LogP contribution in [0.2, 0.25) is 0 Å². The van der Waals surface area contributed by atoms with Gasteiger partial charge in [0.15, 0.2) is 0 Å². The average molecular weight is 330 g/mol. The molecule has 2 aliphatic rings. The van der Waals surface area contributed by atoms with Gasteiger partial charge >= 0.3 is 0 Å². The molecule has 130 valence electrons.